The summed E-state index contributed by atoms with van der Waals surface area (Å²) in [4.78, 5) is 10.6. The summed E-state index contributed by atoms with van der Waals surface area (Å²) in [6.45, 7) is 0. The van der Waals surface area contributed by atoms with Gasteiger partial charge in [0.25, 0.3) is 0 Å². The minimum Gasteiger partial charge on any atom is -0.304 e. The van der Waals surface area contributed by atoms with E-state index in [4.69, 9.17) is 5.41 Å². The molecule has 0 aliphatic heterocycles. The largest absolute Gasteiger partial charge is 0.304 e. The number of allylic oxidation sites excluding steroid dienone is 1. The molecule has 0 amide bonds. The lowest BCUT2D eigenvalue weighted by Crippen LogP contribution is -2.17. The van der Waals surface area contributed by atoms with Crippen LogP contribution < -0.4 is 0 Å². The van der Waals surface area contributed by atoms with Gasteiger partial charge in [0, 0.05) is 5.56 Å². The highest BCUT2D eigenvalue weighted by molar-refractivity contribution is 6.12. The van der Waals surface area contributed by atoms with Gasteiger partial charge in [-0.3, -0.25) is 0 Å². The molecule has 0 heterocycles. The zero-order valence-corrected chi connectivity index (χ0v) is 7.03. The standard InChI is InChI=1S/C11H9NO/c12-11-9(7-13)6-5-8-3-1-2-4-10(8)11/h1-7,9,12H. The zero-order valence-electron chi connectivity index (χ0n) is 7.03. The van der Waals surface area contributed by atoms with E-state index in [2.05, 4.69) is 0 Å². The number of carbonyl (C=O) groups is 1. The minimum atomic E-state index is -0.366. The third-order valence-electron chi connectivity index (χ3n) is 2.21. The van der Waals surface area contributed by atoms with Gasteiger partial charge in [-0.15, -0.1) is 0 Å². The van der Waals surface area contributed by atoms with Crippen molar-refractivity contribution in [2.24, 2.45) is 5.92 Å². The van der Waals surface area contributed by atoms with Crippen molar-refractivity contribution in [1.82, 2.24) is 0 Å². The first-order chi connectivity index (χ1) is 6.33. The quantitative estimate of drug-likeness (QED) is 0.644. The number of hydrogen-bond donors (Lipinski definition) is 1. The lowest BCUT2D eigenvalue weighted by Gasteiger charge is -2.15. The average Bonchev–Trinajstić information content (AvgIpc) is 2.19. The summed E-state index contributed by atoms with van der Waals surface area (Å²) in [7, 11) is 0. The first-order valence-electron chi connectivity index (χ1n) is 4.14. The molecule has 1 N–H and O–H groups in total. The molecule has 2 heteroatoms. The number of fused-ring (bicyclic) bond motifs is 1. The normalized spacial score (nSPS) is 19.7. The molecule has 13 heavy (non-hydrogen) atoms. The molecule has 0 fully saturated rings. The second kappa shape index (κ2) is 2.98. The highest BCUT2D eigenvalue weighted by Gasteiger charge is 2.18. The van der Waals surface area contributed by atoms with Crippen LogP contribution in [0.3, 0.4) is 0 Å². The van der Waals surface area contributed by atoms with Crippen LogP contribution >= 0.6 is 0 Å². The highest BCUT2D eigenvalue weighted by atomic mass is 16.1. The Labute approximate surface area is 76.4 Å². The summed E-state index contributed by atoms with van der Waals surface area (Å²) >= 11 is 0. The Hall–Kier alpha value is -1.70. The molecule has 1 aromatic carbocycles. The van der Waals surface area contributed by atoms with E-state index < -0.39 is 0 Å². The Morgan fingerprint density at radius 2 is 2.08 bits per heavy atom. The monoisotopic (exact) mass is 171 g/mol. The van der Waals surface area contributed by atoms with Crippen molar-refractivity contribution in [2.75, 3.05) is 0 Å². The van der Waals surface area contributed by atoms with Crippen LogP contribution in [0.5, 0.6) is 0 Å². The van der Waals surface area contributed by atoms with Crippen LogP contribution in [0.25, 0.3) is 6.08 Å². The summed E-state index contributed by atoms with van der Waals surface area (Å²) in [5.74, 6) is -0.366. The smallest absolute Gasteiger partial charge is 0.132 e. The molecule has 1 unspecified atom stereocenters. The third kappa shape index (κ3) is 1.20. The van der Waals surface area contributed by atoms with Crippen LogP contribution in [0.15, 0.2) is 30.3 Å². The molecule has 0 saturated heterocycles. The molecule has 0 spiro atoms. The molecule has 1 aliphatic carbocycles. The molecule has 64 valence electrons. The highest BCUT2D eigenvalue weighted by Crippen LogP contribution is 2.21. The van der Waals surface area contributed by atoms with Gasteiger partial charge in [-0.05, 0) is 5.56 Å². The van der Waals surface area contributed by atoms with Crippen LogP contribution in [0, 0.1) is 11.3 Å². The molecule has 2 rings (SSSR count). The van der Waals surface area contributed by atoms with Crippen LogP contribution in [0.4, 0.5) is 0 Å². The molecular formula is C11H9NO. The van der Waals surface area contributed by atoms with Gasteiger partial charge in [0.1, 0.15) is 6.29 Å². The van der Waals surface area contributed by atoms with Crippen LogP contribution in [0.1, 0.15) is 11.1 Å². The fourth-order valence-electron chi connectivity index (χ4n) is 1.48. The van der Waals surface area contributed by atoms with Crippen molar-refractivity contribution in [1.29, 1.82) is 5.41 Å². The van der Waals surface area contributed by atoms with E-state index in [0.717, 1.165) is 17.4 Å². The second-order valence-electron chi connectivity index (χ2n) is 3.02. The first kappa shape index (κ1) is 7.92. The Bertz CT molecular complexity index is 393. The number of benzene rings is 1. The molecule has 0 radical (unpaired) electrons. The van der Waals surface area contributed by atoms with E-state index in [1.165, 1.54) is 0 Å². The number of carbonyl (C=O) groups excluding carboxylic acids is 1. The van der Waals surface area contributed by atoms with Crippen molar-refractivity contribution < 1.29 is 4.79 Å². The predicted octanol–water partition coefficient (Wildman–Crippen LogP) is 1.90. The summed E-state index contributed by atoms with van der Waals surface area (Å²) in [5.41, 5.74) is 2.28. The molecule has 2 nitrogen and oxygen atoms in total. The summed E-state index contributed by atoms with van der Waals surface area (Å²) in [5, 5.41) is 7.75. The number of aldehydes is 1. The summed E-state index contributed by atoms with van der Waals surface area (Å²) < 4.78 is 0. The van der Waals surface area contributed by atoms with Crippen molar-refractivity contribution in [2.45, 2.75) is 0 Å². The van der Waals surface area contributed by atoms with Gasteiger partial charge >= 0.3 is 0 Å². The van der Waals surface area contributed by atoms with E-state index in [1.54, 1.807) is 6.08 Å². The van der Waals surface area contributed by atoms with E-state index in [-0.39, 0.29) is 5.92 Å². The van der Waals surface area contributed by atoms with E-state index in [1.807, 2.05) is 30.3 Å². The van der Waals surface area contributed by atoms with Crippen LogP contribution in [-0.4, -0.2) is 12.0 Å². The maximum absolute atomic E-state index is 10.6. The minimum absolute atomic E-state index is 0.366. The van der Waals surface area contributed by atoms with Gasteiger partial charge in [0.2, 0.25) is 0 Å². The Kier molecular flexibility index (Phi) is 1.81. The molecule has 0 bridgehead atoms. The van der Waals surface area contributed by atoms with Gasteiger partial charge in [0.15, 0.2) is 0 Å². The van der Waals surface area contributed by atoms with Crippen LogP contribution in [-0.2, 0) is 4.79 Å². The fourth-order valence-corrected chi connectivity index (χ4v) is 1.48. The Morgan fingerprint density at radius 1 is 1.31 bits per heavy atom. The average molecular weight is 171 g/mol. The van der Waals surface area contributed by atoms with E-state index >= 15 is 0 Å². The van der Waals surface area contributed by atoms with Crippen molar-refractivity contribution >= 4 is 18.1 Å². The van der Waals surface area contributed by atoms with Gasteiger partial charge in [-0.25, -0.2) is 0 Å². The van der Waals surface area contributed by atoms with Crippen molar-refractivity contribution in [3.63, 3.8) is 0 Å². The molecular weight excluding hydrogens is 162 g/mol. The summed E-state index contributed by atoms with van der Waals surface area (Å²) in [6.07, 6.45) is 4.46. The number of rotatable bonds is 1. The molecule has 1 aromatic rings. The first-order valence-corrected chi connectivity index (χ1v) is 4.14. The second-order valence-corrected chi connectivity index (χ2v) is 3.02. The van der Waals surface area contributed by atoms with Gasteiger partial charge < -0.3 is 10.2 Å². The summed E-state index contributed by atoms with van der Waals surface area (Å²) in [6, 6.07) is 7.63. The fraction of sp³-hybridized carbons (Fsp3) is 0.0909. The van der Waals surface area contributed by atoms with Gasteiger partial charge in [-0.2, -0.15) is 0 Å². The number of nitrogens with one attached hydrogen (secondary N) is 1. The van der Waals surface area contributed by atoms with E-state index in [0.29, 0.717) is 5.71 Å². The lowest BCUT2D eigenvalue weighted by atomic mass is 9.89. The predicted molar refractivity (Wildman–Crippen MR) is 51.9 cm³/mol. The Balaban J connectivity index is 2.54. The van der Waals surface area contributed by atoms with Gasteiger partial charge in [0.05, 0.1) is 11.6 Å². The van der Waals surface area contributed by atoms with Crippen molar-refractivity contribution in [3.05, 3.63) is 41.5 Å². The maximum atomic E-state index is 10.6. The molecule has 1 aliphatic rings. The van der Waals surface area contributed by atoms with Crippen molar-refractivity contribution in [3.8, 4) is 0 Å². The van der Waals surface area contributed by atoms with Gasteiger partial charge in [-0.1, -0.05) is 36.4 Å². The molecule has 0 aromatic heterocycles. The topological polar surface area (TPSA) is 40.9 Å². The van der Waals surface area contributed by atoms with E-state index in [9.17, 15) is 4.79 Å². The number of hydrogen-bond acceptors (Lipinski definition) is 2. The SMILES string of the molecule is N=C1c2ccccc2C=CC1C=O. The Morgan fingerprint density at radius 3 is 2.85 bits per heavy atom. The lowest BCUT2D eigenvalue weighted by molar-refractivity contribution is -0.108. The zero-order chi connectivity index (χ0) is 9.26. The maximum Gasteiger partial charge on any atom is 0.132 e. The molecule has 0 saturated carbocycles. The third-order valence-corrected chi connectivity index (χ3v) is 2.21. The van der Waals surface area contributed by atoms with Crippen LogP contribution in [0.2, 0.25) is 0 Å². The molecule has 1 atom stereocenters.